The summed E-state index contributed by atoms with van der Waals surface area (Å²) < 4.78 is 9.42. The maximum Gasteiger partial charge on any atom is 0.320 e. The zero-order valence-corrected chi connectivity index (χ0v) is 10.6. The normalized spacial score (nSPS) is 10.0. The van der Waals surface area contributed by atoms with Gasteiger partial charge in [0.2, 0.25) is 5.91 Å². The Morgan fingerprint density at radius 2 is 1.61 bits per heavy atom. The fourth-order valence-electron chi connectivity index (χ4n) is 1.20. The minimum atomic E-state index is -1.26. The average Bonchev–Trinajstić information content (AvgIpc) is 2.33. The molecular formula is C11H19NO6. The zero-order valence-electron chi connectivity index (χ0n) is 10.6. The lowest BCUT2D eigenvalue weighted by Gasteiger charge is -2.13. The molecule has 0 heterocycles. The predicted octanol–water partition coefficient (Wildman–Crippen LogP) is -0.773. The first-order chi connectivity index (χ1) is 8.56. The smallest absolute Gasteiger partial charge is 0.320 e. The van der Waals surface area contributed by atoms with Crippen molar-refractivity contribution in [3.8, 4) is 0 Å². The first-order valence-corrected chi connectivity index (χ1v) is 5.77. The van der Waals surface area contributed by atoms with Gasteiger partial charge >= 0.3 is 11.9 Å². The number of ether oxygens (including phenoxy) is 2. The summed E-state index contributed by atoms with van der Waals surface area (Å²) in [7, 11) is 0. The monoisotopic (exact) mass is 261 g/mol. The predicted molar refractivity (Wildman–Crippen MR) is 61.5 cm³/mol. The van der Waals surface area contributed by atoms with Crippen LogP contribution in [0.3, 0.4) is 0 Å². The summed E-state index contributed by atoms with van der Waals surface area (Å²) in [5.74, 6) is -3.34. The largest absolute Gasteiger partial charge is 0.465 e. The van der Waals surface area contributed by atoms with Gasteiger partial charge < -0.3 is 19.9 Å². The fraction of sp³-hybridized carbons (Fsp3) is 0.727. The molecule has 18 heavy (non-hydrogen) atoms. The molecule has 0 rings (SSSR count). The Morgan fingerprint density at radius 1 is 1.11 bits per heavy atom. The maximum absolute atomic E-state index is 11.5. The van der Waals surface area contributed by atoms with Gasteiger partial charge in [-0.2, -0.15) is 0 Å². The van der Waals surface area contributed by atoms with Crippen molar-refractivity contribution in [2.24, 2.45) is 5.92 Å². The van der Waals surface area contributed by atoms with E-state index < -0.39 is 23.8 Å². The second-order valence-corrected chi connectivity index (χ2v) is 3.33. The van der Waals surface area contributed by atoms with Gasteiger partial charge in [-0.1, -0.05) is 0 Å². The van der Waals surface area contributed by atoms with Crippen LogP contribution in [-0.2, 0) is 23.9 Å². The van der Waals surface area contributed by atoms with E-state index in [9.17, 15) is 14.4 Å². The Hall–Kier alpha value is -1.63. The van der Waals surface area contributed by atoms with Crippen LogP contribution in [0.15, 0.2) is 0 Å². The van der Waals surface area contributed by atoms with Crippen LogP contribution >= 0.6 is 0 Å². The minimum Gasteiger partial charge on any atom is -0.465 e. The van der Waals surface area contributed by atoms with Crippen molar-refractivity contribution >= 4 is 17.8 Å². The van der Waals surface area contributed by atoms with Gasteiger partial charge in [-0.25, -0.2) is 0 Å². The summed E-state index contributed by atoms with van der Waals surface area (Å²) >= 11 is 0. The SMILES string of the molecule is CCOC(=O)C(CC(=O)NCCO)C(=O)OCC. The molecule has 0 aliphatic heterocycles. The number of hydrogen-bond donors (Lipinski definition) is 2. The molecule has 0 aromatic rings. The van der Waals surface area contributed by atoms with Crippen LogP contribution in [0.5, 0.6) is 0 Å². The number of nitrogens with one attached hydrogen (secondary N) is 1. The van der Waals surface area contributed by atoms with E-state index in [1.165, 1.54) is 0 Å². The summed E-state index contributed by atoms with van der Waals surface area (Å²) in [4.78, 5) is 34.4. The molecule has 7 heteroatoms. The Labute approximate surface area is 105 Å². The van der Waals surface area contributed by atoms with Crippen molar-refractivity contribution in [1.29, 1.82) is 0 Å². The minimum absolute atomic E-state index is 0.0667. The number of amides is 1. The van der Waals surface area contributed by atoms with E-state index in [0.717, 1.165) is 0 Å². The van der Waals surface area contributed by atoms with Gasteiger partial charge in [0.15, 0.2) is 5.92 Å². The molecule has 0 saturated carbocycles. The second kappa shape index (κ2) is 9.41. The molecular weight excluding hydrogens is 242 g/mol. The molecule has 0 spiro atoms. The molecule has 0 radical (unpaired) electrons. The molecule has 0 aromatic carbocycles. The van der Waals surface area contributed by atoms with Crippen LogP contribution < -0.4 is 5.32 Å². The molecule has 0 fully saturated rings. The van der Waals surface area contributed by atoms with Crippen LogP contribution in [0, 0.1) is 5.92 Å². The van der Waals surface area contributed by atoms with Crippen molar-refractivity contribution in [2.45, 2.75) is 20.3 Å². The molecule has 0 saturated heterocycles. The summed E-state index contributed by atoms with van der Waals surface area (Å²) in [6.45, 7) is 3.30. The molecule has 0 aliphatic carbocycles. The number of hydrogen-bond acceptors (Lipinski definition) is 6. The van der Waals surface area contributed by atoms with Gasteiger partial charge in [0.05, 0.1) is 26.2 Å². The Morgan fingerprint density at radius 3 is 2.00 bits per heavy atom. The number of carbonyl (C=O) groups is 3. The highest BCUT2D eigenvalue weighted by molar-refractivity contribution is 5.98. The van der Waals surface area contributed by atoms with Crippen molar-refractivity contribution in [1.82, 2.24) is 5.32 Å². The van der Waals surface area contributed by atoms with Crippen LogP contribution in [0.4, 0.5) is 0 Å². The van der Waals surface area contributed by atoms with E-state index in [0.29, 0.717) is 0 Å². The van der Waals surface area contributed by atoms with Gasteiger partial charge in [-0.15, -0.1) is 0 Å². The standard InChI is InChI=1S/C11H19NO6/c1-3-17-10(15)8(11(16)18-4-2)7-9(14)12-5-6-13/h8,13H,3-7H2,1-2H3,(H,12,14). The summed E-state index contributed by atoms with van der Waals surface area (Å²) in [5, 5.41) is 10.9. The van der Waals surface area contributed by atoms with Crippen LogP contribution in [0.1, 0.15) is 20.3 Å². The third-order valence-electron chi connectivity index (χ3n) is 1.97. The molecule has 0 atom stereocenters. The number of aliphatic hydroxyl groups excluding tert-OH is 1. The van der Waals surface area contributed by atoms with Gasteiger partial charge in [0, 0.05) is 6.54 Å². The fourth-order valence-corrected chi connectivity index (χ4v) is 1.20. The van der Waals surface area contributed by atoms with Crippen molar-refractivity contribution < 1.29 is 29.0 Å². The quantitative estimate of drug-likeness (QED) is 0.439. The summed E-state index contributed by atoms with van der Waals surface area (Å²) in [6.07, 6.45) is -0.350. The van der Waals surface area contributed by atoms with E-state index in [1.54, 1.807) is 13.8 Å². The lowest BCUT2D eigenvalue weighted by molar-refractivity contribution is -0.163. The first-order valence-electron chi connectivity index (χ1n) is 5.77. The highest BCUT2D eigenvalue weighted by Gasteiger charge is 2.31. The van der Waals surface area contributed by atoms with Gasteiger partial charge in [0.1, 0.15) is 0 Å². The van der Waals surface area contributed by atoms with E-state index in [1.807, 2.05) is 0 Å². The van der Waals surface area contributed by atoms with Crippen molar-refractivity contribution in [2.75, 3.05) is 26.4 Å². The lowest BCUT2D eigenvalue weighted by Crippen LogP contribution is -2.35. The Bertz CT molecular complexity index is 273. The van der Waals surface area contributed by atoms with E-state index >= 15 is 0 Å². The molecule has 0 aromatic heterocycles. The van der Waals surface area contributed by atoms with Crippen LogP contribution in [0.2, 0.25) is 0 Å². The van der Waals surface area contributed by atoms with Gasteiger partial charge in [-0.3, -0.25) is 14.4 Å². The molecule has 7 nitrogen and oxygen atoms in total. The Kier molecular flexibility index (Phi) is 8.55. The van der Waals surface area contributed by atoms with Crippen LogP contribution in [-0.4, -0.2) is 49.3 Å². The van der Waals surface area contributed by atoms with Crippen LogP contribution in [0.25, 0.3) is 0 Å². The Balaban J connectivity index is 4.51. The highest BCUT2D eigenvalue weighted by atomic mass is 16.6. The van der Waals surface area contributed by atoms with Crippen molar-refractivity contribution in [3.05, 3.63) is 0 Å². The number of aliphatic hydroxyl groups is 1. The van der Waals surface area contributed by atoms with E-state index in [4.69, 9.17) is 14.6 Å². The molecule has 0 bridgehead atoms. The highest BCUT2D eigenvalue weighted by Crippen LogP contribution is 2.09. The molecule has 0 unspecified atom stereocenters. The zero-order chi connectivity index (χ0) is 14.0. The van der Waals surface area contributed by atoms with E-state index in [-0.39, 0.29) is 32.8 Å². The third kappa shape index (κ3) is 6.19. The molecule has 0 aliphatic rings. The number of carbonyl (C=O) groups excluding carboxylic acids is 3. The van der Waals surface area contributed by atoms with Gasteiger partial charge in [0.25, 0.3) is 0 Å². The summed E-state index contributed by atoms with van der Waals surface area (Å²) in [5.41, 5.74) is 0. The van der Waals surface area contributed by atoms with E-state index in [2.05, 4.69) is 5.32 Å². The van der Waals surface area contributed by atoms with Gasteiger partial charge in [-0.05, 0) is 13.8 Å². The topological polar surface area (TPSA) is 102 Å². The average molecular weight is 261 g/mol. The van der Waals surface area contributed by atoms with Crippen molar-refractivity contribution in [3.63, 3.8) is 0 Å². The molecule has 104 valence electrons. The second-order valence-electron chi connectivity index (χ2n) is 3.33. The third-order valence-corrected chi connectivity index (χ3v) is 1.97. The number of esters is 2. The number of rotatable bonds is 8. The summed E-state index contributed by atoms with van der Waals surface area (Å²) in [6, 6.07) is 0. The maximum atomic E-state index is 11.5. The molecule has 2 N–H and O–H groups in total. The lowest BCUT2D eigenvalue weighted by atomic mass is 10.1. The molecule has 1 amide bonds. The first kappa shape index (κ1) is 16.4.